The number of hydrogen-bond donors (Lipinski definition) is 2. The number of hydrogen-bond acceptors (Lipinski definition) is 3. The van der Waals surface area contributed by atoms with Crippen molar-refractivity contribution in [3.05, 3.63) is 65.5 Å². The number of nitrogens with zero attached hydrogens (tertiary/aromatic N) is 1. The second-order valence-electron chi connectivity index (χ2n) is 7.16. The molecule has 27 heavy (non-hydrogen) atoms. The predicted molar refractivity (Wildman–Crippen MR) is 101 cm³/mol. The van der Waals surface area contributed by atoms with E-state index in [0.717, 1.165) is 29.8 Å². The molecule has 1 heterocycles. The molecule has 0 unspecified atom stereocenters. The molecule has 0 spiro atoms. The number of anilines is 1. The average Bonchev–Trinajstić information content (AvgIpc) is 3.48. The summed E-state index contributed by atoms with van der Waals surface area (Å²) < 4.78 is 13.0. The molecule has 2 aromatic carbocycles. The number of halogens is 1. The van der Waals surface area contributed by atoms with Gasteiger partial charge in [-0.05, 0) is 47.7 Å². The fourth-order valence-electron chi connectivity index (χ4n) is 3.57. The number of amides is 2. The van der Waals surface area contributed by atoms with Gasteiger partial charge in [-0.3, -0.25) is 9.59 Å². The zero-order valence-corrected chi connectivity index (χ0v) is 15.0. The van der Waals surface area contributed by atoms with Crippen LogP contribution in [0, 0.1) is 11.7 Å². The molecule has 0 bridgehead atoms. The molecule has 1 aliphatic carbocycles. The topological polar surface area (TPSA) is 61.4 Å². The molecule has 140 valence electrons. The summed E-state index contributed by atoms with van der Waals surface area (Å²) in [5, 5.41) is 5.80. The summed E-state index contributed by atoms with van der Waals surface area (Å²) in [5.41, 5.74) is 3.05. The number of benzene rings is 2. The van der Waals surface area contributed by atoms with Crippen LogP contribution in [0.4, 0.5) is 10.1 Å². The second-order valence-corrected chi connectivity index (χ2v) is 7.16. The lowest BCUT2D eigenvalue weighted by Gasteiger charge is -2.28. The van der Waals surface area contributed by atoms with Crippen LogP contribution in [0.2, 0.25) is 0 Å². The van der Waals surface area contributed by atoms with Gasteiger partial charge in [0.2, 0.25) is 11.8 Å². The molecule has 5 nitrogen and oxygen atoms in total. The molecule has 2 fully saturated rings. The quantitative estimate of drug-likeness (QED) is 0.852. The maximum absolute atomic E-state index is 13.0. The van der Waals surface area contributed by atoms with Gasteiger partial charge in [-0.25, -0.2) is 4.39 Å². The Labute approximate surface area is 157 Å². The summed E-state index contributed by atoms with van der Waals surface area (Å²) in [6.07, 6.45) is 0.813. The lowest BCUT2D eigenvalue weighted by atomic mass is 10.1. The molecule has 4 rings (SSSR count). The van der Waals surface area contributed by atoms with Crippen molar-refractivity contribution in [1.29, 1.82) is 0 Å². The van der Waals surface area contributed by atoms with Crippen molar-refractivity contribution in [2.24, 2.45) is 5.92 Å². The third-order valence-electron chi connectivity index (χ3n) is 5.23. The lowest BCUT2D eigenvalue weighted by molar-refractivity contribution is -0.122. The first-order valence-electron chi connectivity index (χ1n) is 9.24. The smallest absolute Gasteiger partial charge is 0.239 e. The largest absolute Gasteiger partial charge is 0.360 e. The van der Waals surface area contributed by atoms with Crippen LogP contribution in [-0.2, 0) is 16.1 Å². The van der Waals surface area contributed by atoms with Gasteiger partial charge in [-0.1, -0.05) is 24.3 Å². The maximum Gasteiger partial charge on any atom is 0.239 e. The molecule has 0 radical (unpaired) electrons. The molecule has 6 heteroatoms. The third-order valence-corrected chi connectivity index (χ3v) is 5.23. The number of piperazine rings is 1. The molecule has 1 aliphatic heterocycles. The predicted octanol–water partition coefficient (Wildman–Crippen LogP) is 2.18. The SMILES string of the molecule is O=C1CN(c2ccc(CNC(=O)[C@@H]3C[C@@H]3c3ccc(F)cc3)cc2)CCN1. The minimum atomic E-state index is -0.256. The van der Waals surface area contributed by atoms with E-state index in [9.17, 15) is 14.0 Å². The van der Waals surface area contributed by atoms with Gasteiger partial charge in [0.25, 0.3) is 0 Å². The van der Waals surface area contributed by atoms with E-state index in [1.165, 1.54) is 12.1 Å². The van der Waals surface area contributed by atoms with E-state index < -0.39 is 0 Å². The van der Waals surface area contributed by atoms with E-state index in [-0.39, 0.29) is 29.5 Å². The van der Waals surface area contributed by atoms with Crippen LogP contribution < -0.4 is 15.5 Å². The summed E-state index contributed by atoms with van der Waals surface area (Å²) >= 11 is 0. The van der Waals surface area contributed by atoms with Gasteiger partial charge in [0.1, 0.15) is 5.82 Å². The van der Waals surface area contributed by atoms with E-state index in [2.05, 4.69) is 10.6 Å². The molecule has 2 aliphatic rings. The lowest BCUT2D eigenvalue weighted by Crippen LogP contribution is -2.47. The van der Waals surface area contributed by atoms with Crippen LogP contribution in [0.5, 0.6) is 0 Å². The first-order chi connectivity index (χ1) is 13.1. The van der Waals surface area contributed by atoms with Gasteiger partial charge in [0.05, 0.1) is 6.54 Å². The summed E-state index contributed by atoms with van der Waals surface area (Å²) in [5.74, 6) is -0.00677. The summed E-state index contributed by atoms with van der Waals surface area (Å²) in [4.78, 5) is 25.9. The fourth-order valence-corrected chi connectivity index (χ4v) is 3.57. The number of carbonyl (C=O) groups is 2. The first kappa shape index (κ1) is 17.5. The van der Waals surface area contributed by atoms with Gasteiger partial charge in [-0.2, -0.15) is 0 Å². The minimum absolute atomic E-state index is 0.0263. The van der Waals surface area contributed by atoms with Gasteiger partial charge < -0.3 is 15.5 Å². The van der Waals surface area contributed by atoms with Crippen molar-refractivity contribution in [2.75, 3.05) is 24.5 Å². The van der Waals surface area contributed by atoms with Crippen molar-refractivity contribution in [3.63, 3.8) is 0 Å². The Morgan fingerprint density at radius 3 is 2.59 bits per heavy atom. The van der Waals surface area contributed by atoms with Crippen LogP contribution in [0.15, 0.2) is 48.5 Å². The normalized spacial score (nSPS) is 21.5. The van der Waals surface area contributed by atoms with Crippen molar-refractivity contribution in [3.8, 4) is 0 Å². The molecule has 2 atom stereocenters. The zero-order valence-electron chi connectivity index (χ0n) is 15.0. The summed E-state index contributed by atoms with van der Waals surface area (Å²) in [6.45, 7) is 2.32. The Bertz CT molecular complexity index is 836. The Balaban J connectivity index is 1.28. The summed E-state index contributed by atoms with van der Waals surface area (Å²) in [7, 11) is 0. The van der Waals surface area contributed by atoms with E-state index >= 15 is 0 Å². The Hall–Kier alpha value is -2.89. The highest BCUT2D eigenvalue weighted by atomic mass is 19.1. The number of nitrogens with one attached hydrogen (secondary N) is 2. The zero-order chi connectivity index (χ0) is 18.8. The first-order valence-corrected chi connectivity index (χ1v) is 9.24. The van der Waals surface area contributed by atoms with E-state index in [4.69, 9.17) is 0 Å². The third kappa shape index (κ3) is 4.10. The van der Waals surface area contributed by atoms with Crippen LogP contribution in [0.1, 0.15) is 23.5 Å². The van der Waals surface area contributed by atoms with Crippen LogP contribution in [0.3, 0.4) is 0 Å². The van der Waals surface area contributed by atoms with Gasteiger partial charge >= 0.3 is 0 Å². The van der Waals surface area contributed by atoms with E-state index in [1.54, 1.807) is 12.1 Å². The van der Waals surface area contributed by atoms with Gasteiger partial charge in [-0.15, -0.1) is 0 Å². The molecular weight excluding hydrogens is 345 g/mol. The molecule has 2 N–H and O–H groups in total. The Morgan fingerprint density at radius 1 is 1.15 bits per heavy atom. The molecule has 2 amide bonds. The minimum Gasteiger partial charge on any atom is -0.360 e. The highest BCUT2D eigenvalue weighted by Crippen LogP contribution is 2.47. The van der Waals surface area contributed by atoms with E-state index in [1.807, 2.05) is 29.2 Å². The van der Waals surface area contributed by atoms with Crippen LogP contribution in [0.25, 0.3) is 0 Å². The molecule has 0 aromatic heterocycles. The Kier molecular flexibility index (Phi) is 4.79. The Morgan fingerprint density at radius 2 is 1.89 bits per heavy atom. The number of rotatable bonds is 5. The fraction of sp³-hybridized carbons (Fsp3) is 0.333. The average molecular weight is 367 g/mol. The molecule has 1 saturated heterocycles. The molecular formula is C21H22FN3O2. The maximum atomic E-state index is 13.0. The highest BCUT2D eigenvalue weighted by molar-refractivity contribution is 5.83. The standard InChI is InChI=1S/C21H22FN3O2/c22-16-5-3-15(4-6-16)18-11-19(18)21(27)24-12-14-1-7-17(8-2-14)25-10-9-23-20(26)13-25/h1-8,18-19H,9-13H2,(H,23,26)(H,24,27)/t18-,19-/m1/s1. The molecule has 2 aromatic rings. The highest BCUT2D eigenvalue weighted by Gasteiger charge is 2.43. The molecule has 1 saturated carbocycles. The monoisotopic (exact) mass is 367 g/mol. The van der Waals surface area contributed by atoms with Crippen molar-refractivity contribution in [1.82, 2.24) is 10.6 Å². The van der Waals surface area contributed by atoms with E-state index in [0.29, 0.717) is 19.6 Å². The van der Waals surface area contributed by atoms with Crippen molar-refractivity contribution in [2.45, 2.75) is 18.9 Å². The number of carbonyl (C=O) groups excluding carboxylic acids is 2. The van der Waals surface area contributed by atoms with Crippen LogP contribution in [-0.4, -0.2) is 31.4 Å². The van der Waals surface area contributed by atoms with Gasteiger partial charge in [0, 0.05) is 31.2 Å². The summed E-state index contributed by atoms with van der Waals surface area (Å²) in [6, 6.07) is 14.3. The van der Waals surface area contributed by atoms with Gasteiger partial charge in [0.15, 0.2) is 0 Å². The van der Waals surface area contributed by atoms with Crippen molar-refractivity contribution < 1.29 is 14.0 Å². The second kappa shape index (κ2) is 7.39. The van der Waals surface area contributed by atoms with Crippen LogP contribution >= 0.6 is 0 Å². The van der Waals surface area contributed by atoms with Crippen molar-refractivity contribution >= 4 is 17.5 Å².